The molecule has 0 unspecified atom stereocenters. The van der Waals surface area contributed by atoms with Crippen molar-refractivity contribution in [1.82, 2.24) is 0 Å². The third kappa shape index (κ3) is 3.55. The summed E-state index contributed by atoms with van der Waals surface area (Å²) >= 11 is 0. The van der Waals surface area contributed by atoms with E-state index in [1.165, 1.54) is 0 Å². The lowest BCUT2D eigenvalue weighted by molar-refractivity contribution is -0.291. The van der Waals surface area contributed by atoms with Gasteiger partial charge in [-0.3, -0.25) is 0 Å². The fourth-order valence-corrected chi connectivity index (χ4v) is 1.32. The van der Waals surface area contributed by atoms with Crippen LogP contribution < -0.4 is 24.0 Å². The summed E-state index contributed by atoms with van der Waals surface area (Å²) in [7, 11) is 1.72. The van der Waals surface area contributed by atoms with Crippen LogP contribution in [0.3, 0.4) is 0 Å². The summed E-state index contributed by atoms with van der Waals surface area (Å²) in [6.07, 6.45) is 2.33. The van der Waals surface area contributed by atoms with Crippen LogP contribution in [0, 0.1) is 0 Å². The number of methoxy groups -OCH3 is 1. The summed E-state index contributed by atoms with van der Waals surface area (Å²) in [5.41, 5.74) is 0. The Kier molecular flexibility index (Phi) is 7.41. The Morgan fingerprint density at radius 3 is 2.92 bits per heavy atom. The van der Waals surface area contributed by atoms with Gasteiger partial charge >= 0.3 is 0 Å². The monoisotopic (exact) mass is 288 g/mol. The molecule has 0 aromatic carbocycles. The molecule has 1 aliphatic rings. The molecule has 2 atom stereocenters. The van der Waals surface area contributed by atoms with Gasteiger partial charge in [0.15, 0.2) is 6.10 Å². The van der Waals surface area contributed by atoms with E-state index >= 15 is 0 Å². The molecule has 3 nitrogen and oxygen atoms in total. The zero-order valence-corrected chi connectivity index (χ0v) is 9.78. The minimum atomic E-state index is -0.0150. The van der Waals surface area contributed by atoms with Crippen molar-refractivity contribution in [2.45, 2.75) is 32.2 Å². The maximum absolute atomic E-state index is 5.43. The highest BCUT2D eigenvalue weighted by molar-refractivity contribution is 4.66. The molecule has 1 saturated heterocycles. The summed E-state index contributed by atoms with van der Waals surface area (Å²) in [6, 6.07) is 0. The second-order valence-corrected chi connectivity index (χ2v) is 2.68. The zero-order chi connectivity index (χ0) is 8.10. The molecule has 0 radical (unpaired) electrons. The van der Waals surface area contributed by atoms with Crippen LogP contribution in [0.1, 0.15) is 19.8 Å². The van der Waals surface area contributed by atoms with Crippen LogP contribution in [-0.4, -0.2) is 37.5 Å². The summed E-state index contributed by atoms with van der Waals surface area (Å²) in [4.78, 5) is 0. The van der Waals surface area contributed by atoms with E-state index < -0.39 is 0 Å². The molecule has 0 aliphatic carbocycles. The largest absolute Gasteiger partial charge is 1.00 e. The molecule has 1 N–H and O–H groups in total. The van der Waals surface area contributed by atoms with Gasteiger partial charge in [0.25, 0.3) is 6.29 Å². The molecule has 0 aromatic rings. The summed E-state index contributed by atoms with van der Waals surface area (Å²) in [5.74, 6) is 0. The number of hydrogen-bond donors (Lipinski definition) is 0. The van der Waals surface area contributed by atoms with Crippen LogP contribution in [0.15, 0.2) is 0 Å². The Morgan fingerprint density at radius 1 is 1.58 bits per heavy atom. The molecular formula is C8H17IO3. The summed E-state index contributed by atoms with van der Waals surface area (Å²) in [5, 5.41) is 0. The highest BCUT2D eigenvalue weighted by Crippen LogP contribution is 2.15. The minimum absolute atomic E-state index is 0. The first-order chi connectivity index (χ1) is 5.38. The maximum atomic E-state index is 5.43. The van der Waals surface area contributed by atoms with E-state index in [0.717, 1.165) is 26.1 Å². The van der Waals surface area contributed by atoms with Crippen molar-refractivity contribution in [1.29, 1.82) is 0 Å². The smallest absolute Gasteiger partial charge is 0.291 e. The lowest BCUT2D eigenvalue weighted by Crippen LogP contribution is -3.00. The molecule has 0 bridgehead atoms. The van der Waals surface area contributed by atoms with Gasteiger partial charge in [0.1, 0.15) is 6.61 Å². The summed E-state index contributed by atoms with van der Waals surface area (Å²) in [6.45, 7) is 3.66. The summed E-state index contributed by atoms with van der Waals surface area (Å²) < 4.78 is 15.0. The average Bonchev–Trinajstić information content (AvgIpc) is 2.06. The second kappa shape index (κ2) is 7.06. The van der Waals surface area contributed by atoms with E-state index in [9.17, 15) is 0 Å². The van der Waals surface area contributed by atoms with Crippen LogP contribution in [0.5, 0.6) is 0 Å². The van der Waals surface area contributed by atoms with E-state index in [2.05, 4.69) is 4.74 Å². The van der Waals surface area contributed by atoms with E-state index in [4.69, 9.17) is 9.47 Å². The van der Waals surface area contributed by atoms with Crippen LogP contribution in [0.25, 0.3) is 0 Å². The molecule has 0 amide bonds. The van der Waals surface area contributed by atoms with Crippen molar-refractivity contribution in [2.24, 2.45) is 0 Å². The van der Waals surface area contributed by atoms with Crippen LogP contribution >= 0.6 is 0 Å². The third-order valence-corrected chi connectivity index (χ3v) is 1.90. The minimum Gasteiger partial charge on any atom is -1.00 e. The van der Waals surface area contributed by atoms with Crippen molar-refractivity contribution in [3.63, 3.8) is 0 Å². The van der Waals surface area contributed by atoms with E-state index in [1.54, 1.807) is 7.11 Å². The fraction of sp³-hybridized carbons (Fsp3) is 1.00. The van der Waals surface area contributed by atoms with Crippen molar-refractivity contribution in [2.75, 3.05) is 20.3 Å². The Morgan fingerprint density at radius 2 is 2.33 bits per heavy atom. The first-order valence-corrected chi connectivity index (χ1v) is 4.19. The number of ether oxygens (including phenoxy) is 3. The lowest BCUT2D eigenvalue weighted by Gasteiger charge is -2.26. The predicted molar refractivity (Wildman–Crippen MR) is 42.5 cm³/mol. The van der Waals surface area contributed by atoms with Gasteiger partial charge < -0.3 is 38.2 Å². The van der Waals surface area contributed by atoms with E-state index in [-0.39, 0.29) is 36.4 Å². The van der Waals surface area contributed by atoms with Gasteiger partial charge in [-0.1, -0.05) is 0 Å². The maximum Gasteiger partial charge on any atom is 0.291 e. The van der Waals surface area contributed by atoms with Crippen molar-refractivity contribution in [3.8, 4) is 0 Å². The van der Waals surface area contributed by atoms with E-state index in [1.807, 2.05) is 6.92 Å². The number of aliphatic hydroxyl groups is 2. The second-order valence-electron chi connectivity index (χ2n) is 2.68. The SMILES string of the molecule is CC[OH+][C@@H]1OCCC[C@H]1OC.[I-]. The van der Waals surface area contributed by atoms with Gasteiger partial charge in [-0.15, -0.1) is 0 Å². The first kappa shape index (κ1) is 12.6. The zero-order valence-electron chi connectivity index (χ0n) is 7.62. The molecule has 12 heavy (non-hydrogen) atoms. The molecule has 0 aromatic heterocycles. The predicted octanol–water partition coefficient (Wildman–Crippen LogP) is -2.31. The lowest BCUT2D eigenvalue weighted by atomic mass is 10.1. The van der Waals surface area contributed by atoms with Crippen molar-refractivity contribution >= 4 is 0 Å². The Bertz CT molecular complexity index is 108. The molecule has 0 spiro atoms. The highest BCUT2D eigenvalue weighted by atomic mass is 127. The molecule has 4 heteroatoms. The van der Waals surface area contributed by atoms with Crippen molar-refractivity contribution in [3.05, 3.63) is 0 Å². The van der Waals surface area contributed by atoms with Crippen LogP contribution in [-0.2, 0) is 9.47 Å². The van der Waals surface area contributed by atoms with Gasteiger partial charge in [0, 0.05) is 14.0 Å². The highest BCUT2D eigenvalue weighted by Gasteiger charge is 2.30. The molecule has 1 fully saturated rings. The Hall–Kier alpha value is 0.610. The van der Waals surface area contributed by atoms with Crippen LogP contribution in [0.4, 0.5) is 0 Å². The van der Waals surface area contributed by atoms with Gasteiger partial charge in [0.05, 0.1) is 6.61 Å². The average molecular weight is 288 g/mol. The normalized spacial score (nSPS) is 29.5. The van der Waals surface area contributed by atoms with Gasteiger partial charge in [-0.05, 0) is 12.8 Å². The molecular weight excluding hydrogens is 271 g/mol. The number of rotatable bonds is 3. The molecule has 1 heterocycles. The number of hydrogen-bond acceptors (Lipinski definition) is 2. The molecule has 0 saturated carbocycles. The van der Waals surface area contributed by atoms with Gasteiger partial charge in [0.2, 0.25) is 0 Å². The van der Waals surface area contributed by atoms with Crippen molar-refractivity contribution < 1.29 is 38.2 Å². The molecule has 1 aliphatic heterocycles. The van der Waals surface area contributed by atoms with Crippen LogP contribution in [0.2, 0.25) is 0 Å². The third-order valence-electron chi connectivity index (χ3n) is 1.90. The number of halogens is 1. The Balaban J connectivity index is 0.00000121. The quantitative estimate of drug-likeness (QED) is 0.432. The van der Waals surface area contributed by atoms with E-state index in [0.29, 0.717) is 0 Å². The standard InChI is InChI=1S/C8H16O3.HI/c1-3-10-8-7(9-2)5-4-6-11-8;/h7-8H,3-6H2,1-2H3;1H/t7-,8-;/m1./s1. The Labute approximate surface area is 90.8 Å². The first-order valence-electron chi connectivity index (χ1n) is 4.19. The molecule has 1 rings (SSSR count). The molecule has 74 valence electrons. The van der Waals surface area contributed by atoms with Gasteiger partial charge in [-0.25, -0.2) is 0 Å². The fourth-order valence-electron chi connectivity index (χ4n) is 1.32. The topological polar surface area (TPSA) is 31.3 Å². The van der Waals surface area contributed by atoms with Gasteiger partial charge in [-0.2, -0.15) is 0 Å².